The second kappa shape index (κ2) is 6.56. The first-order chi connectivity index (χ1) is 9.62. The highest BCUT2D eigenvalue weighted by Crippen LogP contribution is 2.15. The zero-order chi connectivity index (χ0) is 14.4. The van der Waals surface area contributed by atoms with E-state index in [9.17, 15) is 8.42 Å². The highest BCUT2D eigenvalue weighted by atomic mass is 32.2. The summed E-state index contributed by atoms with van der Waals surface area (Å²) < 4.78 is 25.2. The number of aryl methyl sites for hydroxylation is 1. The van der Waals surface area contributed by atoms with Crippen molar-refractivity contribution < 1.29 is 8.42 Å². The Kier molecular flexibility index (Phi) is 4.79. The van der Waals surface area contributed by atoms with Gasteiger partial charge in [-0.1, -0.05) is 6.92 Å². The first kappa shape index (κ1) is 14.6. The molecule has 0 radical (unpaired) electrons. The summed E-state index contributed by atoms with van der Waals surface area (Å²) in [5, 5.41) is 7.40. The minimum Gasteiger partial charge on any atom is -0.385 e. The zero-order valence-electron chi connectivity index (χ0n) is 11.5. The van der Waals surface area contributed by atoms with Gasteiger partial charge in [0.1, 0.15) is 0 Å². The largest absolute Gasteiger partial charge is 0.385 e. The van der Waals surface area contributed by atoms with Crippen molar-refractivity contribution >= 4 is 15.5 Å². The second-order valence-corrected chi connectivity index (χ2v) is 6.76. The van der Waals surface area contributed by atoms with Gasteiger partial charge in [0, 0.05) is 31.2 Å². The van der Waals surface area contributed by atoms with Gasteiger partial charge in [0.25, 0.3) is 0 Å². The molecular formula is C14H19N3O2S. The van der Waals surface area contributed by atoms with E-state index in [1.807, 2.05) is 16.9 Å². The van der Waals surface area contributed by atoms with Gasteiger partial charge in [-0.3, -0.25) is 4.68 Å². The van der Waals surface area contributed by atoms with Crippen LogP contribution in [0.2, 0.25) is 0 Å². The van der Waals surface area contributed by atoms with E-state index in [1.165, 1.54) is 0 Å². The van der Waals surface area contributed by atoms with E-state index in [1.54, 1.807) is 37.4 Å². The number of nitrogens with one attached hydrogen (secondary N) is 1. The van der Waals surface area contributed by atoms with Crippen molar-refractivity contribution in [2.75, 3.05) is 17.6 Å². The van der Waals surface area contributed by atoms with E-state index in [0.29, 0.717) is 4.90 Å². The molecule has 1 aromatic carbocycles. The summed E-state index contributed by atoms with van der Waals surface area (Å²) in [4.78, 5) is 0.377. The summed E-state index contributed by atoms with van der Waals surface area (Å²) in [6.07, 6.45) is 4.65. The molecule has 6 heteroatoms. The lowest BCUT2D eigenvalue weighted by Gasteiger charge is -2.07. The fourth-order valence-corrected chi connectivity index (χ4v) is 2.74. The Labute approximate surface area is 119 Å². The van der Waals surface area contributed by atoms with Crippen molar-refractivity contribution in [3.8, 4) is 0 Å². The number of hydrogen-bond acceptors (Lipinski definition) is 4. The van der Waals surface area contributed by atoms with E-state index < -0.39 is 9.84 Å². The average molecular weight is 293 g/mol. The minimum absolute atomic E-state index is 0.129. The van der Waals surface area contributed by atoms with Crippen molar-refractivity contribution in [2.45, 2.75) is 24.8 Å². The van der Waals surface area contributed by atoms with Gasteiger partial charge in [-0.15, -0.1) is 0 Å². The molecule has 108 valence electrons. The molecule has 0 aliphatic heterocycles. The molecule has 0 amide bonds. The molecule has 0 bridgehead atoms. The molecule has 0 atom stereocenters. The number of anilines is 1. The standard InChI is InChI=1S/C14H19N3O2S/c1-2-20(18,19)14-7-5-13(6-8-14)15-9-3-11-17-12-4-10-16-17/h4-8,10,12,15H,2-3,9,11H2,1H3. The minimum atomic E-state index is -3.11. The summed E-state index contributed by atoms with van der Waals surface area (Å²) >= 11 is 0. The molecule has 0 aliphatic rings. The van der Waals surface area contributed by atoms with Crippen LogP contribution in [0, 0.1) is 0 Å². The summed E-state index contributed by atoms with van der Waals surface area (Å²) in [7, 11) is -3.11. The Bertz CT molecular complexity index is 619. The molecule has 0 saturated carbocycles. The SMILES string of the molecule is CCS(=O)(=O)c1ccc(NCCCn2cccn2)cc1. The van der Waals surface area contributed by atoms with Gasteiger partial charge >= 0.3 is 0 Å². The number of sulfone groups is 1. The zero-order valence-corrected chi connectivity index (χ0v) is 12.3. The average Bonchev–Trinajstić information content (AvgIpc) is 2.97. The predicted molar refractivity (Wildman–Crippen MR) is 79.5 cm³/mol. The lowest BCUT2D eigenvalue weighted by Crippen LogP contribution is -2.07. The van der Waals surface area contributed by atoms with Crippen LogP contribution in [-0.4, -0.2) is 30.5 Å². The molecule has 0 spiro atoms. The maximum atomic E-state index is 11.7. The van der Waals surface area contributed by atoms with Crippen LogP contribution in [0.3, 0.4) is 0 Å². The lowest BCUT2D eigenvalue weighted by molar-refractivity contribution is 0.591. The number of aromatic nitrogens is 2. The van der Waals surface area contributed by atoms with E-state index in [2.05, 4.69) is 10.4 Å². The van der Waals surface area contributed by atoms with Crippen LogP contribution in [0.15, 0.2) is 47.6 Å². The smallest absolute Gasteiger partial charge is 0.178 e. The molecule has 0 aliphatic carbocycles. The fraction of sp³-hybridized carbons (Fsp3) is 0.357. The van der Waals surface area contributed by atoms with Gasteiger partial charge in [0.2, 0.25) is 0 Å². The third-order valence-electron chi connectivity index (χ3n) is 3.05. The van der Waals surface area contributed by atoms with Crippen molar-refractivity contribution in [1.29, 1.82) is 0 Å². The summed E-state index contributed by atoms with van der Waals surface area (Å²) in [6, 6.07) is 8.80. The Morgan fingerprint density at radius 2 is 2.00 bits per heavy atom. The van der Waals surface area contributed by atoms with Crippen molar-refractivity contribution in [1.82, 2.24) is 9.78 Å². The number of hydrogen-bond donors (Lipinski definition) is 1. The van der Waals surface area contributed by atoms with Gasteiger partial charge < -0.3 is 5.32 Å². The number of benzene rings is 1. The maximum absolute atomic E-state index is 11.7. The molecule has 1 aromatic heterocycles. The molecule has 0 saturated heterocycles. The van der Waals surface area contributed by atoms with Gasteiger partial charge in [-0.2, -0.15) is 5.10 Å². The van der Waals surface area contributed by atoms with Crippen molar-refractivity contribution in [3.63, 3.8) is 0 Å². The van der Waals surface area contributed by atoms with Crippen LogP contribution in [0.25, 0.3) is 0 Å². The summed E-state index contributed by atoms with van der Waals surface area (Å²) in [6.45, 7) is 3.33. The number of rotatable bonds is 7. The van der Waals surface area contributed by atoms with Gasteiger partial charge in [-0.25, -0.2) is 8.42 Å². The fourth-order valence-electron chi connectivity index (χ4n) is 1.85. The summed E-state index contributed by atoms with van der Waals surface area (Å²) in [5.41, 5.74) is 0.931. The van der Waals surface area contributed by atoms with E-state index in [-0.39, 0.29) is 5.75 Å². The molecule has 20 heavy (non-hydrogen) atoms. The Morgan fingerprint density at radius 3 is 2.60 bits per heavy atom. The van der Waals surface area contributed by atoms with Crippen LogP contribution in [0.1, 0.15) is 13.3 Å². The van der Waals surface area contributed by atoms with Gasteiger partial charge in [0.15, 0.2) is 9.84 Å². The second-order valence-electron chi connectivity index (χ2n) is 4.48. The predicted octanol–water partition coefficient (Wildman–Crippen LogP) is 2.18. The molecule has 0 fully saturated rings. The normalized spacial score (nSPS) is 11.4. The first-order valence-electron chi connectivity index (χ1n) is 6.66. The van der Waals surface area contributed by atoms with Crippen LogP contribution in [-0.2, 0) is 16.4 Å². The van der Waals surface area contributed by atoms with Crippen LogP contribution >= 0.6 is 0 Å². The Balaban J connectivity index is 1.82. The Morgan fingerprint density at radius 1 is 1.25 bits per heavy atom. The molecular weight excluding hydrogens is 274 g/mol. The van der Waals surface area contributed by atoms with Crippen LogP contribution in [0.4, 0.5) is 5.69 Å². The lowest BCUT2D eigenvalue weighted by atomic mass is 10.3. The molecule has 2 aromatic rings. The van der Waals surface area contributed by atoms with Crippen LogP contribution in [0.5, 0.6) is 0 Å². The van der Waals surface area contributed by atoms with Crippen LogP contribution < -0.4 is 5.32 Å². The van der Waals surface area contributed by atoms with E-state index in [4.69, 9.17) is 0 Å². The third-order valence-corrected chi connectivity index (χ3v) is 4.80. The number of nitrogens with zero attached hydrogens (tertiary/aromatic N) is 2. The Hall–Kier alpha value is -1.82. The highest BCUT2D eigenvalue weighted by molar-refractivity contribution is 7.91. The molecule has 0 unspecified atom stereocenters. The third kappa shape index (κ3) is 3.84. The van der Waals surface area contributed by atoms with E-state index in [0.717, 1.165) is 25.2 Å². The monoisotopic (exact) mass is 293 g/mol. The van der Waals surface area contributed by atoms with Gasteiger partial charge in [-0.05, 0) is 36.8 Å². The van der Waals surface area contributed by atoms with E-state index >= 15 is 0 Å². The molecule has 5 nitrogen and oxygen atoms in total. The molecule has 2 rings (SSSR count). The van der Waals surface area contributed by atoms with Crippen molar-refractivity contribution in [3.05, 3.63) is 42.7 Å². The van der Waals surface area contributed by atoms with Gasteiger partial charge in [0.05, 0.1) is 10.6 Å². The molecule has 1 N–H and O–H groups in total. The topological polar surface area (TPSA) is 64.0 Å². The summed E-state index contributed by atoms with van der Waals surface area (Å²) in [5.74, 6) is 0.129. The van der Waals surface area contributed by atoms with Crippen molar-refractivity contribution in [2.24, 2.45) is 0 Å². The maximum Gasteiger partial charge on any atom is 0.178 e. The molecule has 1 heterocycles. The quantitative estimate of drug-likeness (QED) is 0.795. The first-order valence-corrected chi connectivity index (χ1v) is 8.31. The highest BCUT2D eigenvalue weighted by Gasteiger charge is 2.10.